The Balaban J connectivity index is 1.63. The number of hydrogen-bond donors (Lipinski definition) is 0. The highest BCUT2D eigenvalue weighted by atomic mass is 16.5. The number of piperidine rings is 1. The van der Waals surface area contributed by atoms with Crippen molar-refractivity contribution in [3.8, 4) is 5.75 Å². The van der Waals surface area contributed by atoms with E-state index in [1.165, 1.54) is 42.2 Å². The summed E-state index contributed by atoms with van der Waals surface area (Å²) in [6.07, 6.45) is 12.5. The van der Waals surface area contributed by atoms with Crippen molar-refractivity contribution in [2.75, 3.05) is 26.7 Å². The van der Waals surface area contributed by atoms with Crippen LogP contribution in [0.25, 0.3) is 6.08 Å². The number of likely N-dealkylation sites (tertiary alicyclic amines) is 1. The lowest BCUT2D eigenvalue weighted by molar-refractivity contribution is -0.147. The Hall–Kier alpha value is -2.07. The highest BCUT2D eigenvalue weighted by Gasteiger charge is 2.30. The standard InChI is InChI=1S/C32H49NO3/c1-8-23(2)27(22-33-19-17-25(18-20-33)31(34)35-7)11-10-26-21-30(14-9-24(26)3)36-29-15-12-28(13-16-29)32(4,5)6/h9-11,14,21,25,28-29H,8,12-13,15-20,22H2,1-7H3. The molecule has 1 saturated carbocycles. The molecule has 0 bridgehead atoms. The first-order valence-electron chi connectivity index (χ1n) is 14.0. The minimum Gasteiger partial charge on any atom is -0.490 e. The molecule has 3 rings (SSSR count). The van der Waals surface area contributed by atoms with Gasteiger partial charge in [-0.1, -0.05) is 51.5 Å². The van der Waals surface area contributed by atoms with Gasteiger partial charge in [-0.05, 0) is 112 Å². The molecule has 0 unspecified atom stereocenters. The molecule has 0 aromatic heterocycles. The summed E-state index contributed by atoms with van der Waals surface area (Å²) in [5, 5.41) is 0. The van der Waals surface area contributed by atoms with E-state index in [1.54, 1.807) is 0 Å². The second-order valence-corrected chi connectivity index (χ2v) is 12.0. The van der Waals surface area contributed by atoms with E-state index in [0.29, 0.717) is 11.5 Å². The van der Waals surface area contributed by atoms with Gasteiger partial charge in [0.2, 0.25) is 0 Å². The minimum atomic E-state index is -0.0603. The van der Waals surface area contributed by atoms with E-state index in [-0.39, 0.29) is 11.9 Å². The molecule has 200 valence electrons. The third kappa shape index (κ3) is 7.96. The van der Waals surface area contributed by atoms with Crippen molar-refractivity contribution in [1.29, 1.82) is 0 Å². The zero-order valence-corrected chi connectivity index (χ0v) is 23.9. The van der Waals surface area contributed by atoms with Gasteiger partial charge in [0.15, 0.2) is 0 Å². The molecular weight excluding hydrogens is 446 g/mol. The topological polar surface area (TPSA) is 38.8 Å². The molecule has 0 atom stereocenters. The van der Waals surface area contributed by atoms with Crippen LogP contribution in [0.15, 0.2) is 35.4 Å². The molecule has 2 aliphatic rings. The maximum Gasteiger partial charge on any atom is 0.308 e. The smallest absolute Gasteiger partial charge is 0.308 e. The third-order valence-electron chi connectivity index (χ3n) is 8.51. The van der Waals surface area contributed by atoms with E-state index in [0.717, 1.165) is 63.4 Å². The zero-order chi connectivity index (χ0) is 26.3. The minimum absolute atomic E-state index is 0.0513. The fraction of sp³-hybridized carbons (Fsp3) is 0.656. The molecule has 1 heterocycles. The number of benzene rings is 1. The lowest BCUT2D eigenvalue weighted by Crippen LogP contribution is -2.37. The lowest BCUT2D eigenvalue weighted by Gasteiger charge is -2.37. The Morgan fingerprint density at radius 1 is 1.08 bits per heavy atom. The Morgan fingerprint density at radius 2 is 1.75 bits per heavy atom. The fourth-order valence-electron chi connectivity index (χ4n) is 5.59. The first-order chi connectivity index (χ1) is 17.1. The van der Waals surface area contributed by atoms with Crippen molar-refractivity contribution in [2.45, 2.75) is 92.6 Å². The number of rotatable bonds is 8. The van der Waals surface area contributed by atoms with Crippen molar-refractivity contribution in [3.05, 3.63) is 46.5 Å². The van der Waals surface area contributed by atoms with Crippen molar-refractivity contribution in [3.63, 3.8) is 0 Å². The summed E-state index contributed by atoms with van der Waals surface area (Å²) in [5.41, 5.74) is 5.68. The van der Waals surface area contributed by atoms with Crippen molar-refractivity contribution < 1.29 is 14.3 Å². The largest absolute Gasteiger partial charge is 0.490 e. The Morgan fingerprint density at radius 3 is 2.33 bits per heavy atom. The summed E-state index contributed by atoms with van der Waals surface area (Å²) in [5.74, 6) is 1.78. The number of allylic oxidation sites excluding steroid dienone is 1. The number of methoxy groups -OCH3 is 1. The quantitative estimate of drug-likeness (QED) is 0.275. The van der Waals surface area contributed by atoms with Crippen LogP contribution in [0, 0.1) is 24.2 Å². The number of carbonyl (C=O) groups excluding carboxylic acids is 1. The lowest BCUT2D eigenvalue weighted by atomic mass is 9.72. The van der Waals surface area contributed by atoms with Crippen molar-refractivity contribution >= 4 is 12.0 Å². The Kier molecular flexibility index (Phi) is 10.2. The highest BCUT2D eigenvalue weighted by Crippen LogP contribution is 2.39. The highest BCUT2D eigenvalue weighted by molar-refractivity contribution is 5.72. The van der Waals surface area contributed by atoms with Crippen LogP contribution in [0.3, 0.4) is 0 Å². The molecule has 0 spiro atoms. The third-order valence-corrected chi connectivity index (χ3v) is 8.51. The SMILES string of the molecule is CCC(C)=C(C=Cc1cc(OC2CCC(C(C)(C)C)CC2)ccc1C)CN1CCC(C(=O)OC)CC1. The van der Waals surface area contributed by atoms with Gasteiger partial charge in [-0.15, -0.1) is 0 Å². The van der Waals surface area contributed by atoms with Crippen LogP contribution in [0.5, 0.6) is 5.75 Å². The van der Waals surface area contributed by atoms with Gasteiger partial charge in [0.05, 0.1) is 19.1 Å². The molecular formula is C32H49NO3. The van der Waals surface area contributed by atoms with Gasteiger partial charge < -0.3 is 9.47 Å². The molecule has 36 heavy (non-hydrogen) atoms. The normalized spacial score (nSPS) is 23.0. The predicted octanol–water partition coefficient (Wildman–Crippen LogP) is 7.60. The molecule has 0 amide bonds. The van der Waals surface area contributed by atoms with E-state index < -0.39 is 0 Å². The summed E-state index contributed by atoms with van der Waals surface area (Å²) >= 11 is 0. The summed E-state index contributed by atoms with van der Waals surface area (Å²) < 4.78 is 11.4. The van der Waals surface area contributed by atoms with E-state index >= 15 is 0 Å². The molecule has 1 aliphatic carbocycles. The average Bonchev–Trinajstić information content (AvgIpc) is 2.87. The molecule has 1 aliphatic heterocycles. The Labute approximate surface area is 220 Å². The average molecular weight is 496 g/mol. The zero-order valence-electron chi connectivity index (χ0n) is 23.9. The van der Waals surface area contributed by atoms with Gasteiger partial charge in [0, 0.05) is 6.54 Å². The molecule has 2 fully saturated rings. The molecule has 4 heteroatoms. The molecule has 0 N–H and O–H groups in total. The second-order valence-electron chi connectivity index (χ2n) is 12.0. The molecule has 4 nitrogen and oxygen atoms in total. The summed E-state index contributed by atoms with van der Waals surface area (Å²) in [6, 6.07) is 6.52. The number of hydrogen-bond acceptors (Lipinski definition) is 4. The second kappa shape index (κ2) is 12.9. The molecule has 0 radical (unpaired) electrons. The molecule has 1 aromatic rings. The summed E-state index contributed by atoms with van der Waals surface area (Å²) in [7, 11) is 1.49. The van der Waals surface area contributed by atoms with Crippen LogP contribution >= 0.6 is 0 Å². The number of ether oxygens (including phenoxy) is 2. The predicted molar refractivity (Wildman–Crippen MR) is 150 cm³/mol. The van der Waals surface area contributed by atoms with Gasteiger partial charge in [-0.2, -0.15) is 0 Å². The maximum atomic E-state index is 11.9. The van der Waals surface area contributed by atoms with Crippen LogP contribution in [0.2, 0.25) is 0 Å². The van der Waals surface area contributed by atoms with Gasteiger partial charge in [-0.3, -0.25) is 9.69 Å². The van der Waals surface area contributed by atoms with E-state index in [4.69, 9.17) is 9.47 Å². The van der Waals surface area contributed by atoms with Crippen LogP contribution in [0.4, 0.5) is 0 Å². The van der Waals surface area contributed by atoms with E-state index in [2.05, 4.69) is 76.8 Å². The molecule has 1 saturated heterocycles. The number of aryl methyl sites for hydroxylation is 1. The van der Waals surface area contributed by atoms with Gasteiger partial charge in [0.1, 0.15) is 5.75 Å². The van der Waals surface area contributed by atoms with Gasteiger partial charge >= 0.3 is 5.97 Å². The Bertz CT molecular complexity index is 923. The van der Waals surface area contributed by atoms with E-state index in [1.807, 2.05) is 0 Å². The first kappa shape index (κ1) is 28.5. The van der Waals surface area contributed by atoms with Crippen LogP contribution in [0.1, 0.15) is 90.7 Å². The van der Waals surface area contributed by atoms with E-state index in [9.17, 15) is 4.79 Å². The maximum absolute atomic E-state index is 11.9. The van der Waals surface area contributed by atoms with Crippen LogP contribution in [-0.4, -0.2) is 43.7 Å². The van der Waals surface area contributed by atoms with Crippen molar-refractivity contribution in [2.24, 2.45) is 17.3 Å². The van der Waals surface area contributed by atoms with Gasteiger partial charge in [0.25, 0.3) is 0 Å². The number of carbonyl (C=O) groups is 1. The fourth-order valence-corrected chi connectivity index (χ4v) is 5.59. The monoisotopic (exact) mass is 495 g/mol. The van der Waals surface area contributed by atoms with Crippen molar-refractivity contribution in [1.82, 2.24) is 4.90 Å². The van der Waals surface area contributed by atoms with Gasteiger partial charge in [-0.25, -0.2) is 0 Å². The molecule has 1 aromatic carbocycles. The number of esters is 1. The summed E-state index contributed by atoms with van der Waals surface area (Å²) in [4.78, 5) is 14.3. The van der Waals surface area contributed by atoms with Crippen LogP contribution in [-0.2, 0) is 9.53 Å². The summed E-state index contributed by atoms with van der Waals surface area (Å²) in [6.45, 7) is 16.5. The number of nitrogens with zero attached hydrogens (tertiary/aromatic N) is 1. The van der Waals surface area contributed by atoms with Crippen LogP contribution < -0.4 is 4.74 Å². The first-order valence-corrected chi connectivity index (χ1v) is 14.0.